The Morgan fingerprint density at radius 3 is 2.24 bits per heavy atom. The molecule has 2 aliphatic heterocycles. The molecule has 1 unspecified atom stereocenters. The van der Waals surface area contributed by atoms with Gasteiger partial charge in [-0.05, 0) is 56.7 Å². The average molecular weight is 692 g/mol. The summed E-state index contributed by atoms with van der Waals surface area (Å²) in [4.78, 5) is 37.0. The first kappa shape index (κ1) is 37.2. The van der Waals surface area contributed by atoms with E-state index in [1.807, 2.05) is 30.3 Å². The molecule has 266 valence electrons. The molecule has 0 aliphatic carbocycles. The van der Waals surface area contributed by atoms with Gasteiger partial charge in [0, 0.05) is 42.2 Å². The molecule has 3 N–H and O–H groups in total. The number of benzene rings is 3. The van der Waals surface area contributed by atoms with Crippen molar-refractivity contribution in [2.75, 3.05) is 41.0 Å². The summed E-state index contributed by atoms with van der Waals surface area (Å²) < 4.78 is 31.9. The Morgan fingerprint density at radius 2 is 1.64 bits per heavy atom. The van der Waals surface area contributed by atoms with Crippen LogP contribution in [-0.2, 0) is 25.7 Å². The first-order valence-corrected chi connectivity index (χ1v) is 15.7. The number of nitrogens with zero attached hydrogens (tertiary/aromatic N) is 1. The molecule has 0 spiro atoms. The van der Waals surface area contributed by atoms with Crippen LogP contribution in [0, 0.1) is 10.1 Å². The molecular formula is C36H41N3O11. The molecule has 14 heteroatoms. The first-order valence-electron chi connectivity index (χ1n) is 15.7. The van der Waals surface area contributed by atoms with Gasteiger partial charge in [0.2, 0.25) is 5.75 Å². The number of carbonyl (C=O) groups is 2. The van der Waals surface area contributed by atoms with Crippen LogP contribution in [0.15, 0.2) is 83.2 Å². The summed E-state index contributed by atoms with van der Waals surface area (Å²) in [6.45, 7) is 6.48. The van der Waals surface area contributed by atoms with E-state index in [-0.39, 0.29) is 34.8 Å². The quantitative estimate of drug-likeness (QED) is 0.0535. The van der Waals surface area contributed by atoms with Crippen LogP contribution in [0.25, 0.3) is 0 Å². The zero-order valence-corrected chi connectivity index (χ0v) is 28.7. The maximum atomic E-state index is 12.9. The number of aliphatic hydroxyl groups is 1. The minimum Gasteiger partial charge on any atom is -0.493 e. The molecule has 0 fully saturated rings. The van der Waals surface area contributed by atoms with Gasteiger partial charge >= 0.3 is 11.9 Å². The molecule has 0 saturated carbocycles. The second kappa shape index (κ2) is 17.2. The SMILES string of the molecule is COC(=O)C1=C(C)NC(C)=C(C(=O)OC)C1c1cc([N+](=O)[O-])ccc1OCc1cccc(OCCNCC(C)O)c1.COc1cccc2c1O2. The van der Waals surface area contributed by atoms with Gasteiger partial charge < -0.3 is 44.2 Å². The van der Waals surface area contributed by atoms with Crippen molar-refractivity contribution < 1.29 is 48.0 Å². The van der Waals surface area contributed by atoms with Crippen LogP contribution < -0.4 is 29.6 Å². The molecule has 3 aromatic carbocycles. The number of dihydropyridines is 1. The molecule has 0 saturated heterocycles. The lowest BCUT2D eigenvalue weighted by Crippen LogP contribution is -2.32. The summed E-state index contributed by atoms with van der Waals surface area (Å²) in [6, 6.07) is 17.0. The second-order valence-corrected chi connectivity index (χ2v) is 11.3. The Hall–Kier alpha value is -5.60. The third-order valence-electron chi connectivity index (χ3n) is 7.70. The largest absolute Gasteiger partial charge is 0.493 e. The van der Waals surface area contributed by atoms with Gasteiger partial charge in [0.05, 0.1) is 49.4 Å². The highest BCUT2D eigenvalue weighted by atomic mass is 16.6. The van der Waals surface area contributed by atoms with Crippen LogP contribution in [0.3, 0.4) is 0 Å². The Kier molecular flexibility index (Phi) is 12.8. The van der Waals surface area contributed by atoms with Crippen LogP contribution in [0.1, 0.15) is 37.8 Å². The summed E-state index contributed by atoms with van der Waals surface area (Å²) in [5, 5.41) is 27.1. The molecule has 2 aliphatic rings. The Bertz CT molecular complexity index is 1750. The predicted molar refractivity (Wildman–Crippen MR) is 182 cm³/mol. The summed E-state index contributed by atoms with van der Waals surface area (Å²) in [5.74, 6) is 1.03. The number of hydrogen-bond acceptors (Lipinski definition) is 13. The highest BCUT2D eigenvalue weighted by molar-refractivity contribution is 6.00. The maximum Gasteiger partial charge on any atom is 0.336 e. The zero-order valence-electron chi connectivity index (χ0n) is 28.7. The van der Waals surface area contributed by atoms with Crippen molar-refractivity contribution in [2.24, 2.45) is 0 Å². The number of esters is 2. The van der Waals surface area contributed by atoms with Crippen molar-refractivity contribution in [1.29, 1.82) is 0 Å². The van der Waals surface area contributed by atoms with Gasteiger partial charge in [0.25, 0.3) is 5.69 Å². The number of hydrogen-bond donors (Lipinski definition) is 3. The number of rotatable bonds is 14. The van der Waals surface area contributed by atoms with Gasteiger partial charge in [-0.2, -0.15) is 0 Å². The number of aliphatic hydroxyl groups excluding tert-OH is 1. The summed E-state index contributed by atoms with van der Waals surface area (Å²) in [5.41, 5.74) is 1.81. The number of non-ortho nitro benzene ring substituents is 1. The van der Waals surface area contributed by atoms with Crippen molar-refractivity contribution in [2.45, 2.75) is 39.4 Å². The van der Waals surface area contributed by atoms with Crippen molar-refractivity contribution in [3.63, 3.8) is 0 Å². The van der Waals surface area contributed by atoms with Gasteiger partial charge in [-0.3, -0.25) is 10.1 Å². The predicted octanol–water partition coefficient (Wildman–Crippen LogP) is 4.90. The van der Waals surface area contributed by atoms with Crippen LogP contribution >= 0.6 is 0 Å². The Balaban J connectivity index is 0.000000532. The first-order chi connectivity index (χ1) is 24.0. The third-order valence-corrected chi connectivity index (χ3v) is 7.70. The second-order valence-electron chi connectivity index (χ2n) is 11.3. The van der Waals surface area contributed by atoms with Crippen molar-refractivity contribution in [1.82, 2.24) is 10.6 Å². The van der Waals surface area contributed by atoms with Crippen molar-refractivity contribution >= 4 is 17.6 Å². The molecular weight excluding hydrogens is 650 g/mol. The zero-order chi connectivity index (χ0) is 36.4. The number of fused-ring (bicyclic) bond motifs is 1. The van der Waals surface area contributed by atoms with E-state index in [9.17, 15) is 24.8 Å². The lowest BCUT2D eigenvalue weighted by molar-refractivity contribution is -0.384. The molecule has 0 radical (unpaired) electrons. The third kappa shape index (κ3) is 9.30. The fraction of sp³-hybridized carbons (Fsp3) is 0.333. The smallest absolute Gasteiger partial charge is 0.336 e. The fourth-order valence-corrected chi connectivity index (χ4v) is 5.34. The highest BCUT2D eigenvalue weighted by Crippen LogP contribution is 2.51. The van der Waals surface area contributed by atoms with E-state index in [0.717, 1.165) is 22.8 Å². The summed E-state index contributed by atoms with van der Waals surface area (Å²) in [7, 11) is 4.06. The van der Waals surface area contributed by atoms with Crippen LogP contribution in [0.2, 0.25) is 0 Å². The van der Waals surface area contributed by atoms with Crippen LogP contribution in [0.5, 0.6) is 28.7 Å². The van der Waals surface area contributed by atoms with E-state index in [0.29, 0.717) is 36.8 Å². The number of nitro groups is 1. The monoisotopic (exact) mass is 691 g/mol. The standard InChI is InChI=1S/C29H35N3O9.C7H6O2/c1-17(33)15-30-11-12-40-22-8-6-7-20(13-22)16-41-24-10-9-21(32(36)37)14-23(24)27-25(28(34)38-4)18(2)31-19(3)26(27)29(35)39-5;1-8-5-3-2-4-6-7(5)9-6/h6-10,13-14,17,27,30-31,33H,11-12,15-16H2,1-5H3;2-4H,1H3. The highest BCUT2D eigenvalue weighted by Gasteiger charge is 2.40. The minimum absolute atomic E-state index is 0.0692. The molecule has 0 aromatic heterocycles. The fourth-order valence-electron chi connectivity index (χ4n) is 5.34. The van der Waals surface area contributed by atoms with Crippen molar-refractivity contribution in [3.8, 4) is 28.7 Å². The molecule has 5 rings (SSSR count). The van der Waals surface area contributed by atoms with Crippen LogP contribution in [0.4, 0.5) is 5.69 Å². The molecule has 2 heterocycles. The van der Waals surface area contributed by atoms with Gasteiger partial charge in [0.1, 0.15) is 24.7 Å². The summed E-state index contributed by atoms with van der Waals surface area (Å²) in [6.07, 6.45) is -0.448. The van der Waals surface area contributed by atoms with E-state index in [2.05, 4.69) is 10.6 Å². The molecule has 0 amide bonds. The number of methoxy groups -OCH3 is 3. The number of ether oxygens (including phenoxy) is 6. The number of nitro benzene ring substituents is 1. The topological polar surface area (TPSA) is 180 Å². The molecule has 0 bridgehead atoms. The van der Waals surface area contributed by atoms with E-state index < -0.39 is 28.9 Å². The Morgan fingerprint density at radius 1 is 0.960 bits per heavy atom. The van der Waals surface area contributed by atoms with Gasteiger partial charge in [-0.15, -0.1) is 0 Å². The molecule has 3 aromatic rings. The molecule has 1 atom stereocenters. The minimum atomic E-state index is -1.06. The van der Waals surface area contributed by atoms with Gasteiger partial charge in [0.15, 0.2) is 11.5 Å². The normalized spacial score (nSPS) is 13.8. The summed E-state index contributed by atoms with van der Waals surface area (Å²) >= 11 is 0. The van der Waals surface area contributed by atoms with Crippen molar-refractivity contribution in [3.05, 3.63) is 104 Å². The van der Waals surface area contributed by atoms with E-state index in [4.69, 9.17) is 28.4 Å². The lowest BCUT2D eigenvalue weighted by atomic mass is 9.79. The number of carbonyl (C=O) groups excluding carboxylic acids is 2. The molecule has 14 nitrogen and oxygen atoms in total. The van der Waals surface area contributed by atoms with Gasteiger partial charge in [-0.1, -0.05) is 18.2 Å². The number of nitrogens with one attached hydrogen (secondary N) is 2. The van der Waals surface area contributed by atoms with E-state index in [1.165, 1.54) is 32.4 Å². The maximum absolute atomic E-state index is 12.9. The van der Waals surface area contributed by atoms with E-state index in [1.54, 1.807) is 40.0 Å². The number of para-hydroxylation sites is 1. The molecule has 50 heavy (non-hydrogen) atoms. The van der Waals surface area contributed by atoms with E-state index >= 15 is 0 Å². The van der Waals surface area contributed by atoms with Crippen LogP contribution in [-0.4, -0.2) is 69.1 Å². The average Bonchev–Trinajstić information content (AvgIpc) is 3.90. The lowest BCUT2D eigenvalue weighted by Gasteiger charge is -2.30. The van der Waals surface area contributed by atoms with Gasteiger partial charge in [-0.25, -0.2) is 9.59 Å². The Labute approximate surface area is 289 Å². The number of allylic oxidation sites excluding steroid dienone is 2.